The van der Waals surface area contributed by atoms with Crippen LogP contribution in [-0.2, 0) is 0 Å². The highest BCUT2D eigenvalue weighted by atomic mass is 35.5. The molecule has 1 rings (SSSR count). The lowest BCUT2D eigenvalue weighted by Gasteiger charge is -1.95. The van der Waals surface area contributed by atoms with Gasteiger partial charge in [-0.1, -0.05) is 6.07 Å². The van der Waals surface area contributed by atoms with Crippen LogP contribution in [0.15, 0.2) is 30.6 Å². The fraction of sp³-hybridized carbons (Fsp3) is 0.455. The third kappa shape index (κ3) is 11.3. The highest BCUT2D eigenvalue weighted by Crippen LogP contribution is 1.75. The Hall–Kier alpha value is -1.01. The predicted molar refractivity (Wildman–Crippen MR) is 63.9 cm³/mol. The van der Waals surface area contributed by atoms with Crippen LogP contribution in [0.2, 0.25) is 0 Å². The molecule has 0 bridgehead atoms. The van der Waals surface area contributed by atoms with E-state index in [9.17, 15) is 4.79 Å². The number of hydrogen-bond acceptors (Lipinski definition) is 4. The third-order valence-corrected chi connectivity index (χ3v) is 1.72. The Balaban J connectivity index is 0. The van der Waals surface area contributed by atoms with E-state index in [1.54, 1.807) is 12.4 Å². The zero-order valence-electron chi connectivity index (χ0n) is 10.1. The van der Waals surface area contributed by atoms with Gasteiger partial charge in [0.25, 0.3) is 0 Å². The molecule has 0 atom stereocenters. The van der Waals surface area contributed by atoms with Crippen LogP contribution in [0.5, 0.6) is 0 Å². The van der Waals surface area contributed by atoms with Gasteiger partial charge in [-0.2, -0.15) is 0 Å². The Morgan fingerprint density at radius 1 is 1.12 bits per heavy atom. The smallest absolute Gasteiger partial charge is 0.389 e. The van der Waals surface area contributed by atoms with Gasteiger partial charge in [-0.3, -0.25) is 0 Å². The fourth-order valence-electron chi connectivity index (χ4n) is 0.938. The SMILES string of the molecule is CC(=O)[n+]1ccccc1.NCCNCCN.[Cl-]. The molecule has 0 aromatic carbocycles. The van der Waals surface area contributed by atoms with Crippen molar-refractivity contribution in [3.63, 3.8) is 0 Å². The first-order valence-corrected chi connectivity index (χ1v) is 5.30. The molecule has 0 saturated heterocycles. The fourth-order valence-corrected chi connectivity index (χ4v) is 0.938. The summed E-state index contributed by atoms with van der Waals surface area (Å²) in [7, 11) is 0. The quantitative estimate of drug-likeness (QED) is 0.382. The highest BCUT2D eigenvalue weighted by molar-refractivity contribution is 5.62. The van der Waals surface area contributed by atoms with Crippen molar-refractivity contribution < 1.29 is 21.8 Å². The Morgan fingerprint density at radius 3 is 1.88 bits per heavy atom. The molecule has 17 heavy (non-hydrogen) atoms. The average Bonchev–Trinajstić information content (AvgIpc) is 2.32. The molecular weight excluding hydrogens is 240 g/mol. The number of hydrogen-bond donors (Lipinski definition) is 3. The van der Waals surface area contributed by atoms with Gasteiger partial charge in [0.2, 0.25) is 0 Å². The first-order valence-electron chi connectivity index (χ1n) is 5.30. The van der Waals surface area contributed by atoms with Crippen molar-refractivity contribution in [3.8, 4) is 0 Å². The number of carbonyl (C=O) groups excluding carboxylic acids is 1. The number of carbonyl (C=O) groups is 1. The molecule has 0 aliphatic carbocycles. The van der Waals surface area contributed by atoms with Gasteiger partial charge in [-0.15, -0.1) is 4.57 Å². The molecule has 1 aromatic rings. The topological polar surface area (TPSA) is 85.0 Å². The Kier molecular flexibility index (Phi) is 14.1. The maximum Gasteiger partial charge on any atom is 0.389 e. The summed E-state index contributed by atoms with van der Waals surface area (Å²) in [6.07, 6.45) is 3.45. The van der Waals surface area contributed by atoms with Crippen LogP contribution in [0.25, 0.3) is 0 Å². The summed E-state index contributed by atoms with van der Waals surface area (Å²) in [5.74, 6) is 0.0376. The first kappa shape index (κ1) is 18.4. The van der Waals surface area contributed by atoms with E-state index in [0.29, 0.717) is 13.1 Å². The monoisotopic (exact) mass is 260 g/mol. The van der Waals surface area contributed by atoms with Crippen LogP contribution in [-0.4, -0.2) is 32.1 Å². The first-order chi connectivity index (χ1) is 7.72. The maximum atomic E-state index is 10.6. The average molecular weight is 261 g/mol. The summed E-state index contributed by atoms with van der Waals surface area (Å²) in [6.45, 7) is 4.66. The van der Waals surface area contributed by atoms with E-state index >= 15 is 0 Å². The Morgan fingerprint density at radius 2 is 1.59 bits per heavy atom. The molecule has 6 heteroatoms. The van der Waals surface area contributed by atoms with E-state index in [1.807, 2.05) is 18.2 Å². The summed E-state index contributed by atoms with van der Waals surface area (Å²) >= 11 is 0. The van der Waals surface area contributed by atoms with Gasteiger partial charge in [-0.05, 0) is 0 Å². The molecule has 1 aromatic heterocycles. The van der Waals surface area contributed by atoms with E-state index in [-0.39, 0.29) is 18.3 Å². The molecule has 0 unspecified atom stereocenters. The second-order valence-electron chi connectivity index (χ2n) is 3.13. The number of nitrogens with one attached hydrogen (secondary N) is 1. The minimum atomic E-state index is 0. The lowest BCUT2D eigenvalue weighted by atomic mass is 10.5. The number of rotatable bonds is 4. The van der Waals surface area contributed by atoms with Gasteiger partial charge >= 0.3 is 5.91 Å². The van der Waals surface area contributed by atoms with Crippen LogP contribution < -0.4 is 33.8 Å². The molecule has 0 fully saturated rings. The van der Waals surface area contributed by atoms with Crippen molar-refractivity contribution in [2.45, 2.75) is 6.92 Å². The zero-order chi connectivity index (χ0) is 12.2. The summed E-state index contributed by atoms with van der Waals surface area (Å²) in [5.41, 5.74) is 10.3. The van der Waals surface area contributed by atoms with Crippen LogP contribution in [0.4, 0.5) is 0 Å². The molecule has 5 nitrogen and oxygen atoms in total. The highest BCUT2D eigenvalue weighted by Gasteiger charge is 2.01. The minimum absolute atomic E-state index is 0. The molecule has 98 valence electrons. The lowest BCUT2D eigenvalue weighted by Crippen LogP contribution is -3.00. The van der Waals surface area contributed by atoms with Crippen LogP contribution in [0, 0.1) is 0 Å². The van der Waals surface area contributed by atoms with E-state index in [2.05, 4.69) is 5.32 Å². The van der Waals surface area contributed by atoms with Gasteiger partial charge in [0, 0.05) is 38.3 Å². The molecule has 5 N–H and O–H groups in total. The molecule has 0 saturated carbocycles. The molecular formula is C11H21ClN4O. The van der Waals surface area contributed by atoms with E-state index in [0.717, 1.165) is 13.1 Å². The number of aromatic nitrogens is 1. The van der Waals surface area contributed by atoms with Gasteiger partial charge < -0.3 is 29.2 Å². The van der Waals surface area contributed by atoms with Crippen molar-refractivity contribution in [2.24, 2.45) is 11.5 Å². The minimum Gasteiger partial charge on any atom is -1.00 e. The second-order valence-corrected chi connectivity index (χ2v) is 3.13. The lowest BCUT2D eigenvalue weighted by molar-refractivity contribution is -0.572. The van der Waals surface area contributed by atoms with Crippen molar-refractivity contribution >= 4 is 5.91 Å². The van der Waals surface area contributed by atoms with E-state index in [1.165, 1.54) is 11.5 Å². The number of nitrogens with two attached hydrogens (primary N) is 2. The standard InChI is InChI=1S/C7H8NO.C4H13N3.ClH/c1-7(9)8-5-3-2-4-6-8;5-1-3-7-4-2-6;/h2-6H,1H3;7H,1-6H2;1H/q+1;;/p-1. The normalized spacial score (nSPS) is 8.65. The van der Waals surface area contributed by atoms with Gasteiger partial charge in [0.05, 0.1) is 6.92 Å². The van der Waals surface area contributed by atoms with E-state index in [4.69, 9.17) is 11.5 Å². The number of pyridine rings is 1. The third-order valence-electron chi connectivity index (χ3n) is 1.72. The molecule has 0 radical (unpaired) electrons. The second kappa shape index (κ2) is 13.1. The van der Waals surface area contributed by atoms with Gasteiger partial charge in [0.1, 0.15) is 0 Å². The van der Waals surface area contributed by atoms with Crippen LogP contribution >= 0.6 is 0 Å². The van der Waals surface area contributed by atoms with Gasteiger partial charge in [0.15, 0.2) is 12.4 Å². The maximum absolute atomic E-state index is 10.6. The molecule has 0 amide bonds. The molecule has 1 heterocycles. The summed E-state index contributed by atoms with van der Waals surface area (Å²) in [6, 6.07) is 5.52. The molecule has 0 aliphatic heterocycles. The predicted octanol–water partition coefficient (Wildman–Crippen LogP) is -3.87. The Bertz CT molecular complexity index is 278. The van der Waals surface area contributed by atoms with Crippen molar-refractivity contribution in [1.82, 2.24) is 5.32 Å². The Labute approximate surface area is 109 Å². The van der Waals surface area contributed by atoms with E-state index < -0.39 is 0 Å². The van der Waals surface area contributed by atoms with Crippen molar-refractivity contribution in [1.29, 1.82) is 0 Å². The van der Waals surface area contributed by atoms with Crippen LogP contribution in [0.1, 0.15) is 11.7 Å². The van der Waals surface area contributed by atoms with Crippen molar-refractivity contribution in [2.75, 3.05) is 26.2 Å². The summed E-state index contributed by atoms with van der Waals surface area (Å²) in [5, 5.41) is 3.03. The van der Waals surface area contributed by atoms with Gasteiger partial charge in [-0.25, -0.2) is 4.79 Å². The number of nitrogens with zero attached hydrogens (tertiary/aromatic N) is 1. The summed E-state index contributed by atoms with van der Waals surface area (Å²) < 4.78 is 1.53. The molecule has 0 aliphatic rings. The summed E-state index contributed by atoms with van der Waals surface area (Å²) in [4.78, 5) is 10.6. The largest absolute Gasteiger partial charge is 1.00 e. The number of halogens is 1. The molecule has 0 spiro atoms. The zero-order valence-corrected chi connectivity index (χ0v) is 10.9. The van der Waals surface area contributed by atoms with Crippen molar-refractivity contribution in [3.05, 3.63) is 30.6 Å². The van der Waals surface area contributed by atoms with Crippen LogP contribution in [0.3, 0.4) is 0 Å².